The van der Waals surface area contributed by atoms with E-state index in [0.717, 1.165) is 16.6 Å². The highest BCUT2D eigenvalue weighted by Gasteiger charge is 2.31. The summed E-state index contributed by atoms with van der Waals surface area (Å²) in [5.41, 5.74) is 2.94. The number of fused-ring (bicyclic) bond motifs is 1. The number of carbonyl (C=O) groups is 1. The van der Waals surface area contributed by atoms with Gasteiger partial charge in [-0.3, -0.25) is 4.79 Å². The van der Waals surface area contributed by atoms with Crippen LogP contribution in [0, 0.1) is 6.92 Å². The molecule has 0 saturated heterocycles. The zero-order valence-electron chi connectivity index (χ0n) is 13.9. The van der Waals surface area contributed by atoms with E-state index in [4.69, 9.17) is 5.11 Å². The first-order valence-corrected chi connectivity index (χ1v) is 7.88. The minimum absolute atomic E-state index is 0.115. The zero-order valence-corrected chi connectivity index (χ0v) is 13.9. The second-order valence-corrected chi connectivity index (χ2v) is 5.93. The number of benzene rings is 2. The lowest BCUT2D eigenvalue weighted by Gasteiger charge is -2.12. The average molecular weight is 363 g/mol. The number of hydrogen-bond acceptors (Lipinski definition) is 2. The number of halogens is 3. The maximum atomic E-state index is 12.4. The number of aromatic nitrogens is 1. The summed E-state index contributed by atoms with van der Waals surface area (Å²) in [6.45, 7) is 2.12. The molecule has 0 unspecified atom stereocenters. The maximum Gasteiger partial charge on any atom is 0.573 e. The van der Waals surface area contributed by atoms with Crippen LogP contribution >= 0.6 is 0 Å². The van der Waals surface area contributed by atoms with Crippen molar-refractivity contribution in [2.45, 2.75) is 26.3 Å². The van der Waals surface area contributed by atoms with Gasteiger partial charge in [0.1, 0.15) is 5.75 Å². The standard InChI is InChI=1S/C19H16F3NO3/c1-12-16(10-18(24)25)15-7-2-3-8-17(15)23(12)11-13-5-4-6-14(9-13)26-19(20,21)22/h2-9H,10-11H2,1H3,(H,24,25). The Balaban J connectivity index is 2.00. The molecule has 0 aliphatic carbocycles. The number of alkyl halides is 3. The Bertz CT molecular complexity index is 960. The highest BCUT2D eigenvalue weighted by Crippen LogP contribution is 2.29. The molecule has 3 rings (SSSR count). The van der Waals surface area contributed by atoms with Gasteiger partial charge in [-0.1, -0.05) is 30.3 Å². The van der Waals surface area contributed by atoms with Crippen LogP contribution < -0.4 is 4.74 Å². The lowest BCUT2D eigenvalue weighted by atomic mass is 10.1. The van der Waals surface area contributed by atoms with Crippen LogP contribution in [0.5, 0.6) is 5.75 Å². The van der Waals surface area contributed by atoms with E-state index < -0.39 is 12.3 Å². The van der Waals surface area contributed by atoms with Gasteiger partial charge in [-0.25, -0.2) is 0 Å². The minimum Gasteiger partial charge on any atom is -0.481 e. The molecule has 0 radical (unpaired) electrons. The number of rotatable bonds is 5. The zero-order chi connectivity index (χ0) is 18.9. The molecule has 0 bridgehead atoms. The van der Waals surface area contributed by atoms with Gasteiger partial charge in [0, 0.05) is 23.1 Å². The molecule has 0 atom stereocenters. The number of hydrogen-bond donors (Lipinski definition) is 1. The summed E-state index contributed by atoms with van der Waals surface area (Å²) >= 11 is 0. The van der Waals surface area contributed by atoms with Crippen molar-refractivity contribution in [3.05, 3.63) is 65.4 Å². The van der Waals surface area contributed by atoms with Crippen molar-refractivity contribution >= 4 is 16.9 Å². The molecule has 2 aromatic carbocycles. The number of carboxylic acid groups (broad SMARTS) is 1. The van der Waals surface area contributed by atoms with Crippen LogP contribution in [0.2, 0.25) is 0 Å². The molecule has 26 heavy (non-hydrogen) atoms. The van der Waals surface area contributed by atoms with E-state index in [1.807, 2.05) is 35.8 Å². The first-order valence-electron chi connectivity index (χ1n) is 7.88. The summed E-state index contributed by atoms with van der Waals surface area (Å²) in [6, 6.07) is 13.2. The molecule has 4 nitrogen and oxygen atoms in total. The molecule has 0 spiro atoms. The van der Waals surface area contributed by atoms with Gasteiger partial charge >= 0.3 is 12.3 Å². The van der Waals surface area contributed by atoms with Crippen molar-refractivity contribution in [3.63, 3.8) is 0 Å². The minimum atomic E-state index is -4.75. The Morgan fingerprint density at radius 3 is 2.58 bits per heavy atom. The Labute approximate surface area is 147 Å². The predicted octanol–water partition coefficient (Wildman–Crippen LogP) is 4.52. The third-order valence-corrected chi connectivity index (χ3v) is 4.16. The fourth-order valence-corrected chi connectivity index (χ4v) is 3.10. The molecule has 1 heterocycles. The van der Waals surface area contributed by atoms with Crippen LogP contribution in [-0.4, -0.2) is 22.0 Å². The molecule has 0 fully saturated rings. The van der Waals surface area contributed by atoms with Gasteiger partial charge in [-0.15, -0.1) is 13.2 Å². The molecule has 0 aliphatic heterocycles. The van der Waals surface area contributed by atoms with Crippen molar-refractivity contribution in [1.82, 2.24) is 4.57 Å². The predicted molar refractivity (Wildman–Crippen MR) is 90.2 cm³/mol. The van der Waals surface area contributed by atoms with Crippen LogP contribution in [0.15, 0.2) is 48.5 Å². The second kappa shape index (κ2) is 6.74. The molecular formula is C19H16F3NO3. The van der Waals surface area contributed by atoms with Crippen LogP contribution in [0.25, 0.3) is 10.9 Å². The number of para-hydroxylation sites is 1. The molecular weight excluding hydrogens is 347 g/mol. The van der Waals surface area contributed by atoms with Crippen molar-refractivity contribution in [2.24, 2.45) is 0 Å². The molecule has 7 heteroatoms. The molecule has 0 amide bonds. The Hall–Kier alpha value is -2.96. The van der Waals surface area contributed by atoms with E-state index in [-0.39, 0.29) is 12.2 Å². The normalized spacial score (nSPS) is 11.7. The van der Waals surface area contributed by atoms with E-state index in [0.29, 0.717) is 17.7 Å². The molecule has 1 N–H and O–H groups in total. The fourth-order valence-electron chi connectivity index (χ4n) is 3.10. The van der Waals surface area contributed by atoms with Crippen molar-refractivity contribution in [1.29, 1.82) is 0 Å². The summed E-state index contributed by atoms with van der Waals surface area (Å²) in [4.78, 5) is 11.2. The van der Waals surface area contributed by atoms with Gasteiger partial charge in [-0.2, -0.15) is 0 Å². The highest BCUT2D eigenvalue weighted by atomic mass is 19.4. The van der Waals surface area contributed by atoms with Crippen molar-refractivity contribution in [2.75, 3.05) is 0 Å². The number of ether oxygens (including phenoxy) is 1. The van der Waals surface area contributed by atoms with E-state index in [9.17, 15) is 18.0 Å². The van der Waals surface area contributed by atoms with E-state index >= 15 is 0 Å². The molecule has 136 valence electrons. The van der Waals surface area contributed by atoms with Crippen LogP contribution in [0.3, 0.4) is 0 Å². The van der Waals surface area contributed by atoms with Gasteiger partial charge in [0.15, 0.2) is 0 Å². The Kier molecular flexibility index (Phi) is 4.63. The molecule has 0 saturated carbocycles. The van der Waals surface area contributed by atoms with Crippen LogP contribution in [0.1, 0.15) is 16.8 Å². The van der Waals surface area contributed by atoms with Gasteiger partial charge in [-0.05, 0) is 36.2 Å². The third-order valence-electron chi connectivity index (χ3n) is 4.16. The van der Waals surface area contributed by atoms with E-state index in [2.05, 4.69) is 4.74 Å². The topological polar surface area (TPSA) is 51.5 Å². The first-order chi connectivity index (χ1) is 12.2. The van der Waals surface area contributed by atoms with E-state index in [1.54, 1.807) is 6.07 Å². The number of nitrogens with zero attached hydrogens (tertiary/aromatic N) is 1. The Morgan fingerprint density at radius 2 is 1.88 bits per heavy atom. The largest absolute Gasteiger partial charge is 0.573 e. The van der Waals surface area contributed by atoms with Gasteiger partial charge in [0.25, 0.3) is 0 Å². The average Bonchev–Trinajstić information content (AvgIpc) is 2.79. The van der Waals surface area contributed by atoms with Gasteiger partial charge < -0.3 is 14.4 Å². The Morgan fingerprint density at radius 1 is 1.15 bits per heavy atom. The SMILES string of the molecule is Cc1c(CC(=O)O)c2ccccc2n1Cc1cccc(OC(F)(F)F)c1. The van der Waals surface area contributed by atoms with Gasteiger partial charge in [0.05, 0.1) is 6.42 Å². The monoisotopic (exact) mass is 363 g/mol. The molecule has 1 aromatic heterocycles. The number of carboxylic acids is 1. The van der Waals surface area contributed by atoms with Crippen LogP contribution in [-0.2, 0) is 17.8 Å². The van der Waals surface area contributed by atoms with Crippen molar-refractivity contribution < 1.29 is 27.8 Å². The van der Waals surface area contributed by atoms with E-state index in [1.165, 1.54) is 18.2 Å². The lowest BCUT2D eigenvalue weighted by molar-refractivity contribution is -0.274. The highest BCUT2D eigenvalue weighted by molar-refractivity contribution is 5.89. The molecule has 3 aromatic rings. The second-order valence-electron chi connectivity index (χ2n) is 5.93. The first kappa shape index (κ1) is 17.8. The van der Waals surface area contributed by atoms with Gasteiger partial charge in [0.2, 0.25) is 0 Å². The quantitative estimate of drug-likeness (QED) is 0.725. The maximum absolute atomic E-state index is 12.4. The smallest absolute Gasteiger partial charge is 0.481 e. The summed E-state index contributed by atoms with van der Waals surface area (Å²) in [5.74, 6) is -1.22. The fraction of sp³-hybridized carbons (Fsp3) is 0.211. The summed E-state index contributed by atoms with van der Waals surface area (Å²) in [6.07, 6.45) is -4.86. The van der Waals surface area contributed by atoms with Crippen molar-refractivity contribution in [3.8, 4) is 5.75 Å². The number of aliphatic carboxylic acids is 1. The lowest BCUT2D eigenvalue weighted by Crippen LogP contribution is -2.17. The molecule has 0 aliphatic rings. The summed E-state index contributed by atoms with van der Waals surface area (Å²) in [5, 5.41) is 9.99. The third kappa shape index (κ3) is 3.82. The summed E-state index contributed by atoms with van der Waals surface area (Å²) in [7, 11) is 0. The summed E-state index contributed by atoms with van der Waals surface area (Å²) < 4.78 is 43.1. The van der Waals surface area contributed by atoms with Crippen LogP contribution in [0.4, 0.5) is 13.2 Å².